The molecular weight excluding hydrogens is 408 g/mol. The lowest BCUT2D eigenvalue weighted by Crippen LogP contribution is -2.43. The van der Waals surface area contributed by atoms with Gasteiger partial charge in [0.05, 0.1) is 17.6 Å². The minimum Gasteiger partial charge on any atom is -0.326 e. The van der Waals surface area contributed by atoms with Gasteiger partial charge < -0.3 is 5.32 Å². The van der Waals surface area contributed by atoms with Crippen LogP contribution in [0.5, 0.6) is 0 Å². The van der Waals surface area contributed by atoms with Crippen LogP contribution in [0.1, 0.15) is 24.0 Å². The summed E-state index contributed by atoms with van der Waals surface area (Å²) in [6.07, 6.45) is 1.29. The molecule has 1 fully saturated rings. The van der Waals surface area contributed by atoms with Crippen molar-refractivity contribution in [1.29, 1.82) is 0 Å². The van der Waals surface area contributed by atoms with E-state index in [0.717, 1.165) is 28.5 Å². The standard InChI is InChI=1S/C20H22N4O3S2/c1-13-9-14(2)11-16(10-13)21-20(25)15-5-4-8-24(12-15)29(26,27)18-7-3-6-17-19(18)23-28-22-17/h3,6-7,9-11,15H,4-5,8,12H2,1-2H3,(H,21,25). The molecule has 1 N–H and O–H groups in total. The number of aromatic nitrogens is 2. The molecule has 0 bridgehead atoms. The highest BCUT2D eigenvalue weighted by Gasteiger charge is 2.34. The lowest BCUT2D eigenvalue weighted by Gasteiger charge is -2.31. The van der Waals surface area contributed by atoms with Gasteiger partial charge in [-0.25, -0.2) is 8.42 Å². The zero-order chi connectivity index (χ0) is 20.6. The van der Waals surface area contributed by atoms with Crippen LogP contribution in [0.15, 0.2) is 41.3 Å². The summed E-state index contributed by atoms with van der Waals surface area (Å²) >= 11 is 0.992. The van der Waals surface area contributed by atoms with E-state index in [9.17, 15) is 13.2 Å². The monoisotopic (exact) mass is 430 g/mol. The number of sulfonamides is 1. The van der Waals surface area contributed by atoms with Gasteiger partial charge in [0, 0.05) is 18.8 Å². The molecule has 0 saturated carbocycles. The summed E-state index contributed by atoms with van der Waals surface area (Å²) < 4.78 is 36.2. The number of nitrogens with zero attached hydrogens (tertiary/aromatic N) is 3. The Bertz CT molecular complexity index is 1150. The smallest absolute Gasteiger partial charge is 0.245 e. The number of fused-ring (bicyclic) bond motifs is 1. The Hall–Kier alpha value is -2.36. The minimum atomic E-state index is -3.75. The largest absolute Gasteiger partial charge is 0.326 e. The van der Waals surface area contributed by atoms with E-state index in [1.165, 1.54) is 4.31 Å². The number of carbonyl (C=O) groups excluding carboxylic acids is 1. The Morgan fingerprint density at radius 1 is 1.17 bits per heavy atom. The maximum Gasteiger partial charge on any atom is 0.245 e. The molecule has 1 amide bonds. The van der Waals surface area contributed by atoms with Crippen molar-refractivity contribution in [3.05, 3.63) is 47.5 Å². The third kappa shape index (κ3) is 4.03. The van der Waals surface area contributed by atoms with E-state index in [1.807, 2.05) is 32.0 Å². The number of nitrogens with one attached hydrogen (secondary N) is 1. The van der Waals surface area contributed by atoms with Crippen molar-refractivity contribution >= 4 is 44.4 Å². The van der Waals surface area contributed by atoms with Crippen molar-refractivity contribution < 1.29 is 13.2 Å². The molecule has 7 nitrogen and oxygen atoms in total. The molecule has 1 aliphatic rings. The maximum atomic E-state index is 13.2. The molecular formula is C20H22N4O3S2. The third-order valence-corrected chi connectivity index (χ3v) is 7.55. The quantitative estimate of drug-likeness (QED) is 0.685. The van der Waals surface area contributed by atoms with Crippen LogP contribution in [0.25, 0.3) is 11.0 Å². The number of hydrogen-bond donors (Lipinski definition) is 1. The molecule has 1 aromatic heterocycles. The predicted octanol–water partition coefficient (Wildman–Crippen LogP) is 3.35. The second-order valence-electron chi connectivity index (χ2n) is 7.46. The second kappa shape index (κ2) is 7.81. The van der Waals surface area contributed by atoms with Gasteiger partial charge in [-0.05, 0) is 62.1 Å². The molecule has 0 spiro atoms. The van der Waals surface area contributed by atoms with Crippen LogP contribution < -0.4 is 5.32 Å². The lowest BCUT2D eigenvalue weighted by atomic mass is 9.98. The lowest BCUT2D eigenvalue weighted by molar-refractivity contribution is -0.120. The van der Waals surface area contributed by atoms with Crippen molar-refractivity contribution in [3.8, 4) is 0 Å². The number of benzene rings is 2. The molecule has 29 heavy (non-hydrogen) atoms. The Morgan fingerprint density at radius 2 is 1.93 bits per heavy atom. The van der Waals surface area contributed by atoms with Crippen LogP contribution >= 0.6 is 11.7 Å². The first kappa shape index (κ1) is 19.9. The minimum absolute atomic E-state index is 0.150. The Kier molecular flexibility index (Phi) is 5.37. The summed E-state index contributed by atoms with van der Waals surface area (Å²) in [6.45, 7) is 4.51. The molecule has 9 heteroatoms. The van der Waals surface area contributed by atoms with Gasteiger partial charge in [-0.15, -0.1) is 0 Å². The number of carbonyl (C=O) groups is 1. The summed E-state index contributed by atoms with van der Waals surface area (Å²) in [6, 6.07) is 10.8. The van der Waals surface area contributed by atoms with E-state index in [-0.39, 0.29) is 17.3 Å². The zero-order valence-electron chi connectivity index (χ0n) is 16.3. The number of piperidine rings is 1. The molecule has 0 aliphatic carbocycles. The Labute approximate surface area is 174 Å². The van der Waals surface area contributed by atoms with E-state index < -0.39 is 15.9 Å². The summed E-state index contributed by atoms with van der Waals surface area (Å²) in [5.74, 6) is -0.546. The van der Waals surface area contributed by atoms with Gasteiger partial charge in [0.25, 0.3) is 0 Å². The fourth-order valence-electron chi connectivity index (χ4n) is 3.79. The van der Waals surface area contributed by atoms with E-state index in [2.05, 4.69) is 14.1 Å². The third-order valence-electron chi connectivity index (χ3n) is 5.11. The number of amides is 1. The van der Waals surface area contributed by atoms with Crippen molar-refractivity contribution in [2.75, 3.05) is 18.4 Å². The molecule has 2 heterocycles. The normalized spacial score (nSPS) is 18.1. The number of hydrogen-bond acceptors (Lipinski definition) is 6. The Morgan fingerprint density at radius 3 is 2.69 bits per heavy atom. The number of aryl methyl sites for hydroxylation is 2. The van der Waals surface area contributed by atoms with Crippen LogP contribution in [0.3, 0.4) is 0 Å². The number of anilines is 1. The van der Waals surface area contributed by atoms with Gasteiger partial charge in [0.1, 0.15) is 15.9 Å². The van der Waals surface area contributed by atoms with Gasteiger partial charge >= 0.3 is 0 Å². The van der Waals surface area contributed by atoms with E-state index >= 15 is 0 Å². The summed E-state index contributed by atoms with van der Waals surface area (Å²) in [7, 11) is -3.75. The molecule has 2 aromatic carbocycles. The van der Waals surface area contributed by atoms with Gasteiger partial charge in [-0.3, -0.25) is 4.79 Å². The first-order valence-corrected chi connectivity index (χ1v) is 11.6. The fourth-order valence-corrected chi connectivity index (χ4v) is 6.07. The SMILES string of the molecule is Cc1cc(C)cc(NC(=O)C2CCCN(S(=O)(=O)c3cccc4nsnc34)C2)c1. The summed E-state index contributed by atoms with van der Waals surface area (Å²) in [5.41, 5.74) is 3.83. The molecule has 3 aromatic rings. The molecule has 1 saturated heterocycles. The van der Waals surface area contributed by atoms with Gasteiger partial charge in [-0.2, -0.15) is 13.1 Å². The van der Waals surface area contributed by atoms with Gasteiger partial charge in [0.2, 0.25) is 15.9 Å². The molecule has 1 unspecified atom stereocenters. The first-order chi connectivity index (χ1) is 13.8. The van der Waals surface area contributed by atoms with Crippen molar-refractivity contribution in [2.24, 2.45) is 5.92 Å². The van der Waals surface area contributed by atoms with Crippen LogP contribution in [-0.4, -0.2) is 40.5 Å². The van der Waals surface area contributed by atoms with Gasteiger partial charge in [0.15, 0.2) is 0 Å². The van der Waals surface area contributed by atoms with E-state index in [1.54, 1.807) is 18.2 Å². The predicted molar refractivity (Wildman–Crippen MR) is 113 cm³/mol. The summed E-state index contributed by atoms with van der Waals surface area (Å²) in [4.78, 5) is 13.0. The topological polar surface area (TPSA) is 92.3 Å². The fraction of sp³-hybridized carbons (Fsp3) is 0.350. The highest BCUT2D eigenvalue weighted by atomic mass is 32.2. The maximum absolute atomic E-state index is 13.2. The Balaban J connectivity index is 1.54. The second-order valence-corrected chi connectivity index (χ2v) is 9.89. The molecule has 4 rings (SSSR count). The average Bonchev–Trinajstić information content (AvgIpc) is 3.16. The molecule has 0 radical (unpaired) electrons. The molecule has 152 valence electrons. The van der Waals surface area contributed by atoms with E-state index in [4.69, 9.17) is 0 Å². The van der Waals surface area contributed by atoms with Crippen LogP contribution in [0.2, 0.25) is 0 Å². The highest BCUT2D eigenvalue weighted by molar-refractivity contribution is 7.89. The first-order valence-electron chi connectivity index (χ1n) is 9.45. The van der Waals surface area contributed by atoms with Crippen molar-refractivity contribution in [2.45, 2.75) is 31.6 Å². The highest BCUT2D eigenvalue weighted by Crippen LogP contribution is 2.28. The number of rotatable bonds is 4. The van der Waals surface area contributed by atoms with Gasteiger partial charge in [-0.1, -0.05) is 12.1 Å². The van der Waals surface area contributed by atoms with E-state index in [0.29, 0.717) is 30.4 Å². The molecule has 1 atom stereocenters. The zero-order valence-corrected chi connectivity index (χ0v) is 17.9. The van der Waals surface area contributed by atoms with Crippen LogP contribution in [0, 0.1) is 19.8 Å². The van der Waals surface area contributed by atoms with Crippen molar-refractivity contribution in [1.82, 2.24) is 13.1 Å². The van der Waals surface area contributed by atoms with Crippen LogP contribution in [0.4, 0.5) is 5.69 Å². The van der Waals surface area contributed by atoms with Crippen LogP contribution in [-0.2, 0) is 14.8 Å². The summed E-state index contributed by atoms with van der Waals surface area (Å²) in [5, 5.41) is 2.95. The van der Waals surface area contributed by atoms with Crippen molar-refractivity contribution in [3.63, 3.8) is 0 Å². The average molecular weight is 431 g/mol. The molecule has 1 aliphatic heterocycles.